The van der Waals surface area contributed by atoms with Crippen molar-refractivity contribution in [1.29, 1.82) is 0 Å². The highest BCUT2D eigenvalue weighted by molar-refractivity contribution is 5.97. The smallest absolute Gasteiger partial charge is 0.176 e. The topological polar surface area (TPSA) is 38.3 Å². The van der Waals surface area contributed by atoms with E-state index >= 15 is 0 Å². The van der Waals surface area contributed by atoms with E-state index in [2.05, 4.69) is 5.32 Å². The minimum Gasteiger partial charge on any atom is -0.374 e. The Balaban J connectivity index is 2.23. The Bertz CT molecular complexity index is 397. The number of carbonyl (C=O) groups excluding carboxylic acids is 1. The molecule has 2 rings (SSSR count). The first-order valence-electron chi connectivity index (χ1n) is 5.55. The van der Waals surface area contributed by atoms with Gasteiger partial charge in [-0.1, -0.05) is 18.2 Å². The van der Waals surface area contributed by atoms with Gasteiger partial charge in [0.05, 0.1) is 12.1 Å². The second kappa shape index (κ2) is 4.36. The third kappa shape index (κ3) is 2.01. The molecule has 0 radical (unpaired) electrons. The van der Waals surface area contributed by atoms with Gasteiger partial charge in [-0.15, -0.1) is 0 Å². The number of ketones is 1. The molecule has 1 aromatic rings. The predicted octanol–water partition coefficient (Wildman–Crippen LogP) is 1.72. The molecule has 86 valence electrons. The van der Waals surface area contributed by atoms with Crippen LogP contribution >= 0.6 is 0 Å². The zero-order chi connectivity index (χ0) is 11.6. The number of carbonyl (C=O) groups is 1. The summed E-state index contributed by atoms with van der Waals surface area (Å²) in [7, 11) is 3.51. The van der Waals surface area contributed by atoms with Crippen molar-refractivity contribution in [2.75, 3.05) is 20.7 Å². The molecular formula is C13H17NO2. The molecule has 1 fully saturated rings. The molecule has 1 saturated carbocycles. The number of ether oxygens (including phenoxy) is 1. The van der Waals surface area contributed by atoms with Crippen molar-refractivity contribution in [3.63, 3.8) is 0 Å². The van der Waals surface area contributed by atoms with Gasteiger partial charge in [0.25, 0.3) is 0 Å². The zero-order valence-electron chi connectivity index (χ0n) is 9.75. The van der Waals surface area contributed by atoms with Crippen molar-refractivity contribution < 1.29 is 9.53 Å². The number of Topliss-reactive ketones (excluding diaryl/α,β-unsaturated/α-hetero) is 1. The second-order valence-electron chi connectivity index (χ2n) is 4.23. The molecule has 1 N–H and O–H groups in total. The third-order valence-corrected chi connectivity index (χ3v) is 3.14. The Morgan fingerprint density at radius 1 is 1.50 bits per heavy atom. The Kier molecular flexibility index (Phi) is 3.08. The van der Waals surface area contributed by atoms with Gasteiger partial charge < -0.3 is 10.1 Å². The summed E-state index contributed by atoms with van der Waals surface area (Å²) in [4.78, 5) is 11.7. The number of nitrogens with one attached hydrogen (secondary N) is 1. The van der Waals surface area contributed by atoms with Crippen molar-refractivity contribution in [1.82, 2.24) is 5.32 Å². The molecule has 1 aliphatic rings. The maximum atomic E-state index is 11.7. The van der Waals surface area contributed by atoms with Crippen LogP contribution in [0.15, 0.2) is 24.3 Å². The van der Waals surface area contributed by atoms with Gasteiger partial charge in [-0.3, -0.25) is 4.79 Å². The largest absolute Gasteiger partial charge is 0.374 e. The molecule has 3 heteroatoms. The Hall–Kier alpha value is -1.19. The number of methoxy groups -OCH3 is 1. The Morgan fingerprint density at radius 2 is 2.25 bits per heavy atom. The van der Waals surface area contributed by atoms with Crippen LogP contribution in [0.1, 0.15) is 28.8 Å². The fourth-order valence-electron chi connectivity index (χ4n) is 1.96. The van der Waals surface area contributed by atoms with Gasteiger partial charge in [0.15, 0.2) is 5.78 Å². The summed E-state index contributed by atoms with van der Waals surface area (Å²) in [5.41, 5.74) is 1.77. The molecule has 1 aliphatic carbocycles. The summed E-state index contributed by atoms with van der Waals surface area (Å²) >= 11 is 0. The van der Waals surface area contributed by atoms with Gasteiger partial charge in [0, 0.05) is 12.7 Å². The number of hydrogen-bond acceptors (Lipinski definition) is 3. The fourth-order valence-corrected chi connectivity index (χ4v) is 1.96. The molecule has 0 amide bonds. The van der Waals surface area contributed by atoms with Crippen LogP contribution in [0.5, 0.6) is 0 Å². The lowest BCUT2D eigenvalue weighted by molar-refractivity contribution is 0.0788. The molecule has 0 saturated heterocycles. The first-order valence-corrected chi connectivity index (χ1v) is 5.55. The first-order chi connectivity index (χ1) is 7.72. The van der Waals surface area contributed by atoms with E-state index in [4.69, 9.17) is 4.74 Å². The SMILES string of the molecule is CNCC(=O)c1cccc(C2(OC)CC2)c1. The molecule has 0 aliphatic heterocycles. The summed E-state index contributed by atoms with van der Waals surface area (Å²) < 4.78 is 5.50. The molecule has 3 nitrogen and oxygen atoms in total. The summed E-state index contributed by atoms with van der Waals surface area (Å²) in [6.07, 6.45) is 2.10. The maximum Gasteiger partial charge on any atom is 0.176 e. The Labute approximate surface area is 95.8 Å². The van der Waals surface area contributed by atoms with Crippen LogP contribution in [0, 0.1) is 0 Å². The molecule has 16 heavy (non-hydrogen) atoms. The minimum absolute atomic E-state index is 0.115. The lowest BCUT2D eigenvalue weighted by Crippen LogP contribution is -2.19. The fraction of sp³-hybridized carbons (Fsp3) is 0.462. The van der Waals surface area contributed by atoms with Gasteiger partial charge in [-0.2, -0.15) is 0 Å². The molecule has 0 bridgehead atoms. The average Bonchev–Trinajstić information content (AvgIpc) is 3.10. The maximum absolute atomic E-state index is 11.7. The van der Waals surface area contributed by atoms with E-state index < -0.39 is 0 Å². The lowest BCUT2D eigenvalue weighted by atomic mass is 10.0. The van der Waals surface area contributed by atoms with Gasteiger partial charge >= 0.3 is 0 Å². The van der Waals surface area contributed by atoms with Gasteiger partial charge in [0.1, 0.15) is 0 Å². The summed E-state index contributed by atoms with van der Waals surface area (Å²) in [5, 5.41) is 2.87. The van der Waals surface area contributed by atoms with Crippen LogP contribution in [0.25, 0.3) is 0 Å². The average molecular weight is 219 g/mol. The molecule has 1 aromatic carbocycles. The van der Waals surface area contributed by atoms with Crippen molar-refractivity contribution in [3.05, 3.63) is 35.4 Å². The van der Waals surface area contributed by atoms with Gasteiger partial charge in [0.2, 0.25) is 0 Å². The number of benzene rings is 1. The highest BCUT2D eigenvalue weighted by Gasteiger charge is 2.44. The quantitative estimate of drug-likeness (QED) is 0.766. The highest BCUT2D eigenvalue weighted by atomic mass is 16.5. The van der Waals surface area contributed by atoms with E-state index in [1.54, 1.807) is 14.2 Å². The number of likely N-dealkylation sites (N-methyl/N-ethyl adjacent to an activating group) is 1. The second-order valence-corrected chi connectivity index (χ2v) is 4.23. The Morgan fingerprint density at radius 3 is 2.81 bits per heavy atom. The van der Waals surface area contributed by atoms with Crippen LogP contribution < -0.4 is 5.32 Å². The van der Waals surface area contributed by atoms with E-state index in [-0.39, 0.29) is 11.4 Å². The normalized spacial score (nSPS) is 17.1. The number of hydrogen-bond donors (Lipinski definition) is 1. The lowest BCUT2D eigenvalue weighted by Gasteiger charge is -2.14. The molecule has 0 spiro atoms. The highest BCUT2D eigenvalue weighted by Crippen LogP contribution is 2.48. The van der Waals surface area contributed by atoms with Crippen LogP contribution in [-0.4, -0.2) is 26.5 Å². The monoisotopic (exact) mass is 219 g/mol. The van der Waals surface area contributed by atoms with Crippen molar-refractivity contribution in [2.45, 2.75) is 18.4 Å². The van der Waals surface area contributed by atoms with Crippen LogP contribution in [0.2, 0.25) is 0 Å². The van der Waals surface area contributed by atoms with Crippen LogP contribution in [-0.2, 0) is 10.3 Å². The standard InChI is InChI=1S/C13H17NO2/c1-14-9-12(15)10-4-3-5-11(8-10)13(16-2)6-7-13/h3-5,8,14H,6-7,9H2,1-2H3. The minimum atomic E-state index is -0.115. The van der Waals surface area contributed by atoms with Crippen LogP contribution in [0.4, 0.5) is 0 Å². The molecule has 0 aromatic heterocycles. The number of rotatable bonds is 5. The van der Waals surface area contributed by atoms with Crippen LogP contribution in [0.3, 0.4) is 0 Å². The molecular weight excluding hydrogens is 202 g/mol. The first kappa shape index (κ1) is 11.3. The van der Waals surface area contributed by atoms with E-state index in [9.17, 15) is 4.79 Å². The molecule has 0 unspecified atom stereocenters. The predicted molar refractivity (Wildman–Crippen MR) is 62.6 cm³/mol. The zero-order valence-corrected chi connectivity index (χ0v) is 9.75. The summed E-state index contributed by atoms with van der Waals surface area (Å²) in [5.74, 6) is 0.122. The van der Waals surface area contributed by atoms with Crippen molar-refractivity contribution in [3.8, 4) is 0 Å². The summed E-state index contributed by atoms with van der Waals surface area (Å²) in [6.45, 7) is 0.378. The van der Waals surface area contributed by atoms with E-state index in [0.29, 0.717) is 6.54 Å². The van der Waals surface area contributed by atoms with E-state index in [0.717, 1.165) is 24.0 Å². The van der Waals surface area contributed by atoms with E-state index in [1.165, 1.54) is 0 Å². The van der Waals surface area contributed by atoms with Crippen molar-refractivity contribution >= 4 is 5.78 Å². The molecule has 0 atom stereocenters. The van der Waals surface area contributed by atoms with Gasteiger partial charge in [-0.05, 0) is 31.5 Å². The summed E-state index contributed by atoms with van der Waals surface area (Å²) in [6, 6.07) is 7.77. The van der Waals surface area contributed by atoms with E-state index in [1.807, 2.05) is 24.3 Å². The van der Waals surface area contributed by atoms with Crippen molar-refractivity contribution in [2.24, 2.45) is 0 Å². The van der Waals surface area contributed by atoms with Gasteiger partial charge in [-0.25, -0.2) is 0 Å². The third-order valence-electron chi connectivity index (χ3n) is 3.14. The molecule has 0 heterocycles.